The van der Waals surface area contributed by atoms with Crippen LogP contribution in [0.5, 0.6) is 0 Å². The van der Waals surface area contributed by atoms with Crippen molar-refractivity contribution in [3.05, 3.63) is 42.9 Å². The number of pyridine rings is 1. The molecular weight excluding hydrogens is 587 g/mol. The fourth-order valence-electron chi connectivity index (χ4n) is 5.13. The number of thiazole rings is 1. The van der Waals surface area contributed by atoms with E-state index in [4.69, 9.17) is 10.2 Å². The fraction of sp³-hybridized carbons (Fsp3) is 0.321. The number of amides is 1. The van der Waals surface area contributed by atoms with Gasteiger partial charge in [0.25, 0.3) is 5.91 Å². The first kappa shape index (κ1) is 28.5. The molecule has 3 N–H and O–H groups in total. The Labute approximate surface area is 246 Å². The van der Waals surface area contributed by atoms with E-state index < -0.39 is 24.7 Å². The first-order valence-electron chi connectivity index (χ1n) is 13.5. The van der Waals surface area contributed by atoms with Crippen LogP contribution in [0.15, 0.2) is 47.3 Å². The minimum absolute atomic E-state index is 0.0393. The Morgan fingerprint density at radius 3 is 2.74 bits per heavy atom. The number of likely N-dealkylation sites (tertiary alicyclic amines) is 1. The Bertz CT molecular complexity index is 1820. The van der Waals surface area contributed by atoms with Gasteiger partial charge in [-0.1, -0.05) is 17.4 Å². The van der Waals surface area contributed by atoms with Crippen molar-refractivity contribution in [2.24, 2.45) is 0 Å². The Balaban J connectivity index is 1.20. The Morgan fingerprint density at radius 1 is 1.21 bits per heavy atom. The maximum absolute atomic E-state index is 12.3. The van der Waals surface area contributed by atoms with Gasteiger partial charge < -0.3 is 25.1 Å². The third-order valence-electron chi connectivity index (χ3n) is 7.26. The number of carbonyl (C=O) groups excluding carboxylic acids is 2. The molecule has 15 heteroatoms. The number of esters is 1. The monoisotopic (exact) mass is 613 g/mol. The number of nitrogens with zero attached hydrogens (tertiary/aromatic N) is 5. The third-order valence-corrected chi connectivity index (χ3v) is 8.32. The van der Waals surface area contributed by atoms with Crippen LogP contribution in [0.4, 0.5) is 24.1 Å². The van der Waals surface area contributed by atoms with Crippen molar-refractivity contribution in [3.63, 3.8) is 0 Å². The van der Waals surface area contributed by atoms with Crippen LogP contribution in [0, 0.1) is 0 Å². The lowest BCUT2D eigenvalue weighted by Crippen LogP contribution is -2.42. The Hall–Kier alpha value is -4.66. The van der Waals surface area contributed by atoms with E-state index in [2.05, 4.69) is 25.1 Å². The van der Waals surface area contributed by atoms with Crippen molar-refractivity contribution >= 4 is 55.3 Å². The second-order valence-corrected chi connectivity index (χ2v) is 11.0. The number of aromatic nitrogens is 4. The van der Waals surface area contributed by atoms with E-state index in [0.29, 0.717) is 37.3 Å². The summed E-state index contributed by atoms with van der Waals surface area (Å²) >= 11 is 1.55. The number of rotatable bonds is 7. The molecule has 4 aromatic heterocycles. The van der Waals surface area contributed by atoms with E-state index in [-0.39, 0.29) is 11.9 Å². The molecule has 43 heavy (non-hydrogen) atoms. The third kappa shape index (κ3) is 5.59. The quantitative estimate of drug-likeness (QED) is 0.235. The van der Waals surface area contributed by atoms with Gasteiger partial charge in [0.2, 0.25) is 0 Å². The van der Waals surface area contributed by atoms with E-state index in [1.54, 1.807) is 23.7 Å². The smallest absolute Gasteiger partial charge is 0.452 e. The summed E-state index contributed by atoms with van der Waals surface area (Å²) in [5, 5.41) is 9.41. The molecule has 1 amide bonds. The maximum Gasteiger partial charge on any atom is 0.490 e. The molecule has 1 aliphatic heterocycles. The van der Waals surface area contributed by atoms with Gasteiger partial charge >= 0.3 is 12.1 Å². The number of hydrogen-bond acceptors (Lipinski definition) is 10. The first-order chi connectivity index (χ1) is 20.6. The molecule has 6 rings (SSSR count). The molecule has 0 bridgehead atoms. The molecule has 1 fully saturated rings. The minimum Gasteiger partial charge on any atom is -0.452 e. The van der Waals surface area contributed by atoms with Crippen LogP contribution in [-0.4, -0.2) is 68.9 Å². The zero-order valence-electron chi connectivity index (χ0n) is 22.8. The maximum atomic E-state index is 12.3. The number of alkyl halides is 3. The lowest BCUT2D eigenvalue weighted by atomic mass is 10.0. The minimum atomic E-state index is -5.14. The summed E-state index contributed by atoms with van der Waals surface area (Å²) in [5.74, 6) is -2.15. The summed E-state index contributed by atoms with van der Waals surface area (Å²) in [7, 11) is 0. The zero-order chi connectivity index (χ0) is 30.3. The normalized spacial score (nSPS) is 14.5. The average molecular weight is 614 g/mol. The highest BCUT2D eigenvalue weighted by Crippen LogP contribution is 2.41. The van der Waals surface area contributed by atoms with Gasteiger partial charge in [0, 0.05) is 54.1 Å². The van der Waals surface area contributed by atoms with Crippen LogP contribution >= 0.6 is 11.3 Å². The first-order valence-corrected chi connectivity index (χ1v) is 14.3. The van der Waals surface area contributed by atoms with Crippen LogP contribution in [0.25, 0.3) is 43.6 Å². The number of nitrogen functional groups attached to an aromatic ring is 1. The second-order valence-electron chi connectivity index (χ2n) is 10.0. The number of piperidine rings is 1. The van der Waals surface area contributed by atoms with Crippen molar-refractivity contribution in [1.82, 2.24) is 24.6 Å². The summed E-state index contributed by atoms with van der Waals surface area (Å²) < 4.78 is 50.2. The molecule has 224 valence electrons. The number of halogens is 3. The molecular formula is C28H26F3N7O4S. The molecule has 0 radical (unpaired) electrons. The molecule has 11 nitrogen and oxygen atoms in total. The summed E-state index contributed by atoms with van der Waals surface area (Å²) in [6.07, 6.45) is 1.20. The number of nitrogens with two attached hydrogens (primary N) is 1. The highest BCUT2D eigenvalue weighted by Gasteiger charge is 2.41. The van der Waals surface area contributed by atoms with Crippen molar-refractivity contribution in [3.8, 4) is 22.5 Å². The topological polar surface area (TPSA) is 141 Å². The van der Waals surface area contributed by atoms with Crippen molar-refractivity contribution in [2.45, 2.75) is 32.0 Å². The molecule has 0 aliphatic carbocycles. The van der Waals surface area contributed by atoms with Crippen LogP contribution in [0.1, 0.15) is 25.8 Å². The van der Waals surface area contributed by atoms with E-state index >= 15 is 0 Å². The van der Waals surface area contributed by atoms with E-state index in [1.807, 2.05) is 42.1 Å². The number of furan rings is 1. The summed E-state index contributed by atoms with van der Waals surface area (Å²) in [5.41, 5.74) is 10.0. The van der Waals surface area contributed by atoms with Crippen molar-refractivity contribution in [1.29, 1.82) is 0 Å². The van der Waals surface area contributed by atoms with Gasteiger partial charge in [-0.3, -0.25) is 9.48 Å². The zero-order valence-corrected chi connectivity index (χ0v) is 23.7. The molecule has 1 aliphatic rings. The Kier molecular flexibility index (Phi) is 7.42. The van der Waals surface area contributed by atoms with Crippen molar-refractivity contribution in [2.75, 3.05) is 37.3 Å². The van der Waals surface area contributed by atoms with Gasteiger partial charge in [-0.25, -0.2) is 14.8 Å². The highest BCUT2D eigenvalue weighted by molar-refractivity contribution is 7.22. The summed E-state index contributed by atoms with van der Waals surface area (Å²) in [6.45, 7) is 2.41. The number of carbonyl (C=O) groups is 2. The predicted molar refractivity (Wildman–Crippen MR) is 154 cm³/mol. The molecule has 0 spiro atoms. The van der Waals surface area contributed by atoms with E-state index in [0.717, 1.165) is 44.0 Å². The molecule has 0 saturated carbocycles. The summed E-state index contributed by atoms with van der Waals surface area (Å²) in [6, 6.07) is 7.77. The van der Waals surface area contributed by atoms with E-state index in [1.165, 1.54) is 4.90 Å². The lowest BCUT2D eigenvalue weighted by Gasteiger charge is -2.32. The molecule has 0 atom stereocenters. The van der Waals surface area contributed by atoms with Crippen LogP contribution in [-0.2, 0) is 14.3 Å². The van der Waals surface area contributed by atoms with Gasteiger partial charge in [-0.2, -0.15) is 18.3 Å². The van der Waals surface area contributed by atoms with Crippen LogP contribution in [0.2, 0.25) is 0 Å². The second kappa shape index (κ2) is 11.2. The van der Waals surface area contributed by atoms with Gasteiger partial charge in [0.05, 0.1) is 22.5 Å². The molecule has 5 aromatic rings. The highest BCUT2D eigenvalue weighted by atomic mass is 32.1. The number of ether oxygens (including phenoxy) is 1. The predicted octanol–water partition coefficient (Wildman–Crippen LogP) is 5.25. The molecule has 0 unspecified atom stereocenters. The Morgan fingerprint density at radius 2 is 2.00 bits per heavy atom. The number of anilines is 2. The number of fused-ring (bicyclic) bond motifs is 2. The van der Waals surface area contributed by atoms with Gasteiger partial charge in [0.1, 0.15) is 5.76 Å². The summed E-state index contributed by atoms with van der Waals surface area (Å²) in [4.78, 5) is 33.5. The molecule has 5 heterocycles. The lowest BCUT2D eigenvalue weighted by molar-refractivity contribution is -0.200. The number of hydrogen-bond donors (Lipinski definition) is 2. The average Bonchev–Trinajstić information content (AvgIpc) is 3.74. The number of nitrogens with one attached hydrogen (secondary N) is 1. The van der Waals surface area contributed by atoms with Crippen LogP contribution < -0.4 is 11.1 Å². The van der Waals surface area contributed by atoms with Crippen molar-refractivity contribution < 1.29 is 31.9 Å². The fourth-order valence-corrected chi connectivity index (χ4v) is 6.18. The standard InChI is InChI=1S/C28H26F3N7O4S/c1-2-33-27-36-20-5-3-4-17(24(20)43-27)21-10-18-19(12-34-25(32)23(18)42-21)15-11-35-38(13-15)16-6-8-37(9-7-16)22(39)14-41-26(40)28(29,30)31/h3-5,10-13,16H,2,6-9,14H2,1H3,(H2,32,34)(H,33,36). The van der Waals surface area contributed by atoms with Gasteiger partial charge in [-0.15, -0.1) is 0 Å². The van der Waals surface area contributed by atoms with Gasteiger partial charge in [0.15, 0.2) is 23.1 Å². The SMILES string of the molecule is CCNc1nc2cccc(-c3cc4c(-c5cnn(C6CCN(C(=O)COC(=O)C(F)(F)F)CC6)c5)cnc(N)c4o3)c2s1. The van der Waals surface area contributed by atoms with Crippen LogP contribution in [0.3, 0.4) is 0 Å². The largest absolute Gasteiger partial charge is 0.490 e. The molecule has 1 saturated heterocycles. The molecule has 1 aromatic carbocycles. The van der Waals surface area contributed by atoms with Gasteiger partial charge in [-0.05, 0) is 38.0 Å². The number of benzene rings is 1. The van der Waals surface area contributed by atoms with E-state index in [9.17, 15) is 22.8 Å².